The molecule has 10 rings (SSSR count). The zero-order valence-electron chi connectivity index (χ0n) is 27.5. The van der Waals surface area contributed by atoms with Crippen LogP contribution >= 0.6 is 0 Å². The van der Waals surface area contributed by atoms with Gasteiger partial charge in [-0.3, -0.25) is 0 Å². The molecule has 238 valence electrons. The molecule has 0 aliphatic heterocycles. The van der Waals surface area contributed by atoms with Gasteiger partial charge in [0, 0.05) is 27.5 Å². The van der Waals surface area contributed by atoms with E-state index in [1.807, 2.05) is 30.3 Å². The minimum Gasteiger partial charge on any atom is -0.456 e. The molecule has 0 aliphatic rings. The smallest absolute Gasteiger partial charge is 0.164 e. The fraction of sp³-hybridized carbons (Fsp3) is 0. The second-order valence-electron chi connectivity index (χ2n) is 12.9. The van der Waals surface area contributed by atoms with E-state index in [2.05, 4.69) is 146 Å². The van der Waals surface area contributed by atoms with Crippen molar-refractivity contribution < 1.29 is 4.42 Å². The topological polar surface area (TPSA) is 51.8 Å². The zero-order valence-corrected chi connectivity index (χ0v) is 27.5. The lowest BCUT2D eigenvalue weighted by Crippen LogP contribution is -2.00. The fourth-order valence-corrected chi connectivity index (χ4v) is 7.10. The highest BCUT2D eigenvalue weighted by molar-refractivity contribution is 6.11. The molecule has 0 N–H and O–H groups in total. The second-order valence-corrected chi connectivity index (χ2v) is 12.9. The molecule has 0 saturated carbocycles. The maximum Gasteiger partial charge on any atom is 0.164 e. The van der Waals surface area contributed by atoms with Crippen LogP contribution in [0.4, 0.5) is 0 Å². The van der Waals surface area contributed by atoms with Crippen LogP contribution in [-0.4, -0.2) is 15.0 Å². The standard InChI is InChI=1S/C47H29N3O/c1-3-11-34-27-37(25-21-30(34)9-1)32-19-23-33(24-20-32)45-48-46(39-14-7-13-36(29-39)38-26-22-31-10-2-4-12-35(31)28-38)50-47(49-45)41-16-8-18-43-44(41)40-15-5-6-17-42(40)51-43/h1-29H. The predicted molar refractivity (Wildman–Crippen MR) is 209 cm³/mol. The second kappa shape index (κ2) is 11.9. The van der Waals surface area contributed by atoms with Crippen LogP contribution in [0.1, 0.15) is 0 Å². The summed E-state index contributed by atoms with van der Waals surface area (Å²) in [5, 5.41) is 6.90. The molecule has 0 amide bonds. The van der Waals surface area contributed by atoms with Crippen molar-refractivity contribution in [2.24, 2.45) is 0 Å². The Balaban J connectivity index is 1.12. The maximum atomic E-state index is 6.25. The van der Waals surface area contributed by atoms with E-state index in [-0.39, 0.29) is 0 Å². The van der Waals surface area contributed by atoms with Gasteiger partial charge >= 0.3 is 0 Å². The summed E-state index contributed by atoms with van der Waals surface area (Å²) >= 11 is 0. The SMILES string of the molecule is c1cc(-c2ccc3ccccc3c2)cc(-c2nc(-c3ccc(-c4ccc5ccccc5c4)cc3)nc(-c3cccc4oc5ccccc5c34)n2)c1. The fourth-order valence-electron chi connectivity index (χ4n) is 7.10. The third kappa shape index (κ3) is 5.22. The van der Waals surface area contributed by atoms with Crippen LogP contribution in [0.15, 0.2) is 180 Å². The monoisotopic (exact) mass is 651 g/mol. The zero-order chi connectivity index (χ0) is 33.7. The van der Waals surface area contributed by atoms with Crippen LogP contribution < -0.4 is 0 Å². The van der Waals surface area contributed by atoms with Crippen LogP contribution in [0.5, 0.6) is 0 Å². The quantitative estimate of drug-likeness (QED) is 0.186. The van der Waals surface area contributed by atoms with E-state index in [0.717, 1.165) is 55.3 Å². The Morgan fingerprint density at radius 1 is 0.314 bits per heavy atom. The first-order valence-corrected chi connectivity index (χ1v) is 17.1. The predicted octanol–water partition coefficient (Wildman–Crippen LogP) is 12.4. The van der Waals surface area contributed by atoms with E-state index in [0.29, 0.717) is 17.5 Å². The van der Waals surface area contributed by atoms with Gasteiger partial charge in [-0.15, -0.1) is 0 Å². The Labute approximate surface area is 294 Å². The molecule has 2 aromatic heterocycles. The number of hydrogen-bond donors (Lipinski definition) is 0. The average Bonchev–Trinajstić information content (AvgIpc) is 3.59. The third-order valence-corrected chi connectivity index (χ3v) is 9.71. The first-order chi connectivity index (χ1) is 25.2. The third-order valence-electron chi connectivity index (χ3n) is 9.71. The molecule has 10 aromatic rings. The number of rotatable bonds is 5. The summed E-state index contributed by atoms with van der Waals surface area (Å²) in [6.45, 7) is 0. The Hall–Kier alpha value is -6.91. The highest BCUT2D eigenvalue weighted by atomic mass is 16.3. The van der Waals surface area contributed by atoms with Crippen molar-refractivity contribution in [2.45, 2.75) is 0 Å². The number of nitrogens with zero attached hydrogens (tertiary/aromatic N) is 3. The molecular weight excluding hydrogens is 623 g/mol. The Morgan fingerprint density at radius 2 is 0.824 bits per heavy atom. The summed E-state index contributed by atoms with van der Waals surface area (Å²) < 4.78 is 6.25. The number of para-hydroxylation sites is 1. The molecule has 0 atom stereocenters. The van der Waals surface area contributed by atoms with Crippen molar-refractivity contribution in [3.05, 3.63) is 176 Å². The molecule has 0 spiro atoms. The number of benzene rings is 8. The van der Waals surface area contributed by atoms with Gasteiger partial charge in [-0.2, -0.15) is 0 Å². The Kier molecular flexibility index (Phi) is 6.78. The summed E-state index contributed by atoms with van der Waals surface area (Å²) in [7, 11) is 0. The van der Waals surface area contributed by atoms with Crippen molar-refractivity contribution in [3.63, 3.8) is 0 Å². The minimum atomic E-state index is 0.599. The molecule has 8 aromatic carbocycles. The van der Waals surface area contributed by atoms with Gasteiger partial charge < -0.3 is 4.42 Å². The number of hydrogen-bond acceptors (Lipinski definition) is 4. The molecule has 0 fully saturated rings. The van der Waals surface area contributed by atoms with Gasteiger partial charge in [0.2, 0.25) is 0 Å². The summed E-state index contributed by atoms with van der Waals surface area (Å²) in [5.74, 6) is 1.82. The lowest BCUT2D eigenvalue weighted by atomic mass is 9.99. The van der Waals surface area contributed by atoms with Gasteiger partial charge in [0.1, 0.15) is 11.2 Å². The lowest BCUT2D eigenvalue weighted by Gasteiger charge is -2.11. The molecule has 4 nitrogen and oxygen atoms in total. The van der Waals surface area contributed by atoms with Gasteiger partial charge in [0.25, 0.3) is 0 Å². The molecule has 0 aliphatic carbocycles. The normalized spacial score (nSPS) is 11.5. The van der Waals surface area contributed by atoms with Crippen molar-refractivity contribution in [3.8, 4) is 56.4 Å². The van der Waals surface area contributed by atoms with Crippen LogP contribution in [0.2, 0.25) is 0 Å². The number of furan rings is 1. The molecule has 0 unspecified atom stereocenters. The maximum absolute atomic E-state index is 6.25. The van der Waals surface area contributed by atoms with E-state index >= 15 is 0 Å². The molecule has 0 radical (unpaired) electrons. The van der Waals surface area contributed by atoms with Crippen LogP contribution in [-0.2, 0) is 0 Å². The summed E-state index contributed by atoms with van der Waals surface area (Å²) in [5.41, 5.74) is 8.92. The largest absolute Gasteiger partial charge is 0.456 e. The van der Waals surface area contributed by atoms with Gasteiger partial charge in [0.05, 0.1) is 0 Å². The van der Waals surface area contributed by atoms with Crippen LogP contribution in [0, 0.1) is 0 Å². The first-order valence-electron chi connectivity index (χ1n) is 17.1. The lowest BCUT2D eigenvalue weighted by molar-refractivity contribution is 0.669. The van der Waals surface area contributed by atoms with Crippen LogP contribution in [0.3, 0.4) is 0 Å². The van der Waals surface area contributed by atoms with E-state index in [1.165, 1.54) is 27.1 Å². The minimum absolute atomic E-state index is 0.599. The highest BCUT2D eigenvalue weighted by Gasteiger charge is 2.18. The molecule has 0 saturated heterocycles. The summed E-state index contributed by atoms with van der Waals surface area (Å²) in [6, 6.07) is 61.2. The average molecular weight is 652 g/mol. The number of fused-ring (bicyclic) bond motifs is 5. The highest BCUT2D eigenvalue weighted by Crippen LogP contribution is 2.37. The van der Waals surface area contributed by atoms with Gasteiger partial charge in [-0.1, -0.05) is 146 Å². The Bertz CT molecular complexity index is 2920. The van der Waals surface area contributed by atoms with E-state index in [4.69, 9.17) is 19.4 Å². The molecule has 4 heteroatoms. The first kappa shape index (κ1) is 29.0. The van der Waals surface area contributed by atoms with Crippen LogP contribution in [0.25, 0.3) is 99.9 Å². The van der Waals surface area contributed by atoms with E-state index in [1.54, 1.807) is 0 Å². The Morgan fingerprint density at radius 3 is 1.57 bits per heavy atom. The van der Waals surface area contributed by atoms with Crippen molar-refractivity contribution >= 4 is 43.5 Å². The van der Waals surface area contributed by atoms with Gasteiger partial charge in [-0.25, -0.2) is 15.0 Å². The van der Waals surface area contributed by atoms with Crippen molar-refractivity contribution in [1.82, 2.24) is 15.0 Å². The molecule has 0 bridgehead atoms. The molecule has 2 heterocycles. The van der Waals surface area contributed by atoms with Gasteiger partial charge in [-0.05, 0) is 74.1 Å². The summed E-state index contributed by atoms with van der Waals surface area (Å²) in [6.07, 6.45) is 0. The molecular formula is C47H29N3O. The van der Waals surface area contributed by atoms with Gasteiger partial charge in [0.15, 0.2) is 17.5 Å². The number of aromatic nitrogens is 3. The van der Waals surface area contributed by atoms with E-state index < -0.39 is 0 Å². The summed E-state index contributed by atoms with van der Waals surface area (Å²) in [4.78, 5) is 15.4. The van der Waals surface area contributed by atoms with Crippen molar-refractivity contribution in [2.75, 3.05) is 0 Å². The van der Waals surface area contributed by atoms with E-state index in [9.17, 15) is 0 Å². The molecule has 51 heavy (non-hydrogen) atoms. The van der Waals surface area contributed by atoms with Crippen molar-refractivity contribution in [1.29, 1.82) is 0 Å².